The number of hydrogen-bond acceptors (Lipinski definition) is 6. The maximum Gasteiger partial charge on any atom is 0.407 e. The first-order chi connectivity index (χ1) is 19.7. The fraction of sp³-hybridized carbons (Fsp3) is 0.500. The zero-order valence-corrected chi connectivity index (χ0v) is 24.3. The number of aliphatic imine (C=N–C) groups is 1. The van der Waals surface area contributed by atoms with E-state index in [0.717, 1.165) is 30.4 Å². The summed E-state index contributed by atoms with van der Waals surface area (Å²) in [5.74, 6) is 0.757. The number of methoxy groups -OCH3 is 1. The second-order valence-corrected chi connectivity index (χ2v) is 11.6. The van der Waals surface area contributed by atoms with Crippen LogP contribution in [0.3, 0.4) is 0 Å². The number of ether oxygens (including phenoxy) is 1. The van der Waals surface area contributed by atoms with Gasteiger partial charge < -0.3 is 21.1 Å². The first-order valence-corrected chi connectivity index (χ1v) is 14.6. The van der Waals surface area contributed by atoms with Gasteiger partial charge in [0.2, 0.25) is 5.91 Å². The van der Waals surface area contributed by atoms with E-state index in [4.69, 9.17) is 15.5 Å². The minimum atomic E-state index is -1.01. The van der Waals surface area contributed by atoms with Crippen LogP contribution in [-0.2, 0) is 26.3 Å². The normalized spacial score (nSPS) is 20.0. The molecular formula is C32H43N5O4. The quantitative estimate of drug-likeness (QED) is 0.299. The Kier molecular flexibility index (Phi) is 10.0. The molecule has 1 aliphatic carbocycles. The first-order valence-electron chi connectivity index (χ1n) is 14.6. The van der Waals surface area contributed by atoms with Crippen molar-refractivity contribution in [2.24, 2.45) is 22.6 Å². The first kappa shape index (κ1) is 30.1. The molecule has 0 radical (unpaired) electrons. The molecule has 4 N–H and O–H groups in total. The topological polar surface area (TPSA) is 126 Å². The molecule has 0 aromatic heterocycles. The molecule has 1 aliphatic heterocycles. The van der Waals surface area contributed by atoms with Crippen LogP contribution in [0, 0.1) is 11.8 Å². The van der Waals surface area contributed by atoms with Crippen LogP contribution < -0.4 is 16.4 Å². The number of hydrogen-bond donors (Lipinski definition) is 3. The van der Waals surface area contributed by atoms with E-state index >= 15 is 0 Å². The van der Waals surface area contributed by atoms with Gasteiger partial charge in [0.05, 0.1) is 7.11 Å². The molecule has 1 saturated carbocycles. The van der Waals surface area contributed by atoms with Crippen molar-refractivity contribution in [2.45, 2.75) is 76.4 Å². The van der Waals surface area contributed by atoms with Gasteiger partial charge in [0.15, 0.2) is 11.5 Å². The number of benzene rings is 2. The fourth-order valence-corrected chi connectivity index (χ4v) is 5.72. The lowest BCUT2D eigenvalue weighted by Gasteiger charge is -2.32. The minimum Gasteiger partial charge on any atom is -0.453 e. The Morgan fingerprint density at radius 3 is 2.37 bits per heavy atom. The van der Waals surface area contributed by atoms with Crippen molar-refractivity contribution in [1.82, 2.24) is 15.5 Å². The number of nitrogens with two attached hydrogens (primary N) is 1. The maximum absolute atomic E-state index is 14.2. The van der Waals surface area contributed by atoms with Gasteiger partial charge in [-0.05, 0) is 48.6 Å². The molecule has 9 nitrogen and oxygen atoms in total. The van der Waals surface area contributed by atoms with Crippen LogP contribution in [0.15, 0.2) is 65.7 Å². The molecule has 9 heteroatoms. The van der Waals surface area contributed by atoms with Crippen molar-refractivity contribution in [3.63, 3.8) is 0 Å². The Bertz CT molecular complexity index is 1220. The number of amides is 3. The average Bonchev–Trinajstić information content (AvgIpc) is 3.75. The standard InChI is InChI=1S/C32H43N5O4/c1-22(2)21-32(25-13-8-5-9-14-25)29(39)37(30(33)36-32)26(19-24-16-17-24)15-10-18-34-28(38)27(35-31(40)41-3)20-23-11-6-4-7-12-23/h4-9,11-14,22,24,26-27H,10,15-21H2,1-3H3,(H2,33,36)(H,34,38)(H,35,40)/t26?,27-,32+/m0/s1. The lowest BCUT2D eigenvalue weighted by atomic mass is 9.82. The third-order valence-corrected chi connectivity index (χ3v) is 7.84. The number of carbonyl (C=O) groups is 3. The molecule has 0 spiro atoms. The summed E-state index contributed by atoms with van der Waals surface area (Å²) < 4.78 is 4.73. The van der Waals surface area contributed by atoms with Crippen LogP contribution in [0.1, 0.15) is 63.5 Å². The molecule has 2 aromatic carbocycles. The molecule has 41 heavy (non-hydrogen) atoms. The summed E-state index contributed by atoms with van der Waals surface area (Å²) in [4.78, 5) is 45.7. The predicted molar refractivity (Wildman–Crippen MR) is 159 cm³/mol. The van der Waals surface area contributed by atoms with Gasteiger partial charge in [0.25, 0.3) is 5.91 Å². The van der Waals surface area contributed by atoms with Crippen LogP contribution in [0.5, 0.6) is 0 Å². The number of carbonyl (C=O) groups excluding carboxylic acids is 3. The zero-order chi connectivity index (χ0) is 29.4. The summed E-state index contributed by atoms with van der Waals surface area (Å²) >= 11 is 0. The summed E-state index contributed by atoms with van der Waals surface area (Å²) in [5.41, 5.74) is 7.29. The van der Waals surface area contributed by atoms with E-state index in [9.17, 15) is 14.4 Å². The van der Waals surface area contributed by atoms with Gasteiger partial charge in [-0.1, -0.05) is 87.4 Å². The largest absolute Gasteiger partial charge is 0.453 e. The van der Waals surface area contributed by atoms with Crippen LogP contribution in [0.4, 0.5) is 4.79 Å². The van der Waals surface area contributed by atoms with E-state index in [1.807, 2.05) is 60.7 Å². The molecule has 4 rings (SSSR count). The summed E-state index contributed by atoms with van der Waals surface area (Å²) in [5, 5.41) is 5.60. The van der Waals surface area contributed by atoms with Crippen molar-refractivity contribution < 1.29 is 19.1 Å². The van der Waals surface area contributed by atoms with Crippen molar-refractivity contribution in [1.29, 1.82) is 0 Å². The third-order valence-electron chi connectivity index (χ3n) is 7.84. The zero-order valence-electron chi connectivity index (χ0n) is 24.3. The molecule has 2 aromatic rings. The van der Waals surface area contributed by atoms with Crippen molar-refractivity contribution >= 4 is 23.9 Å². The van der Waals surface area contributed by atoms with Gasteiger partial charge in [-0.15, -0.1) is 0 Å². The molecule has 220 valence electrons. The highest BCUT2D eigenvalue weighted by Crippen LogP contribution is 2.42. The van der Waals surface area contributed by atoms with Gasteiger partial charge in [-0.2, -0.15) is 0 Å². The predicted octanol–water partition coefficient (Wildman–Crippen LogP) is 4.12. The van der Waals surface area contributed by atoms with E-state index in [2.05, 4.69) is 24.5 Å². The molecule has 0 saturated heterocycles. The van der Waals surface area contributed by atoms with Crippen LogP contribution in [0.25, 0.3) is 0 Å². The molecule has 1 unspecified atom stereocenters. The molecule has 3 amide bonds. The van der Waals surface area contributed by atoms with Crippen LogP contribution >= 0.6 is 0 Å². The second-order valence-electron chi connectivity index (χ2n) is 11.6. The number of rotatable bonds is 14. The van der Waals surface area contributed by atoms with Gasteiger partial charge >= 0.3 is 6.09 Å². The van der Waals surface area contributed by atoms with E-state index in [1.54, 1.807) is 4.90 Å². The maximum atomic E-state index is 14.2. The Morgan fingerprint density at radius 2 is 1.76 bits per heavy atom. The van der Waals surface area contributed by atoms with Gasteiger partial charge in [0.1, 0.15) is 6.04 Å². The summed E-state index contributed by atoms with van der Waals surface area (Å²) in [6, 6.07) is 18.4. The highest BCUT2D eigenvalue weighted by molar-refractivity contribution is 6.07. The molecule has 1 fully saturated rings. The van der Waals surface area contributed by atoms with Crippen molar-refractivity contribution in [3.05, 3.63) is 71.8 Å². The molecule has 2 aliphatic rings. The summed E-state index contributed by atoms with van der Waals surface area (Å²) in [7, 11) is 1.27. The lowest BCUT2D eigenvalue weighted by Crippen LogP contribution is -2.50. The summed E-state index contributed by atoms with van der Waals surface area (Å²) in [6.45, 7) is 4.59. The van der Waals surface area contributed by atoms with E-state index < -0.39 is 17.7 Å². The third kappa shape index (κ3) is 7.65. The lowest BCUT2D eigenvalue weighted by molar-refractivity contribution is -0.134. The van der Waals surface area contributed by atoms with Crippen LogP contribution in [-0.4, -0.2) is 54.5 Å². The van der Waals surface area contributed by atoms with Crippen molar-refractivity contribution in [3.8, 4) is 0 Å². The van der Waals surface area contributed by atoms with Gasteiger partial charge in [-0.3, -0.25) is 14.5 Å². The molecular weight excluding hydrogens is 518 g/mol. The van der Waals surface area contributed by atoms with E-state index in [0.29, 0.717) is 38.1 Å². The Balaban J connectivity index is 1.42. The smallest absolute Gasteiger partial charge is 0.407 e. The number of guanidine groups is 1. The van der Waals surface area contributed by atoms with Crippen molar-refractivity contribution in [2.75, 3.05) is 13.7 Å². The monoisotopic (exact) mass is 561 g/mol. The molecule has 0 bridgehead atoms. The van der Waals surface area contributed by atoms with Gasteiger partial charge in [-0.25, -0.2) is 9.79 Å². The highest BCUT2D eigenvalue weighted by Gasteiger charge is 2.51. The number of alkyl carbamates (subject to hydrolysis) is 1. The Labute approximate surface area is 242 Å². The second kappa shape index (κ2) is 13.7. The van der Waals surface area contributed by atoms with E-state index in [1.165, 1.54) is 7.11 Å². The number of nitrogens with zero attached hydrogens (tertiary/aromatic N) is 2. The molecule has 3 atom stereocenters. The fourth-order valence-electron chi connectivity index (χ4n) is 5.72. The Hall–Kier alpha value is -3.88. The van der Waals surface area contributed by atoms with E-state index in [-0.39, 0.29) is 29.7 Å². The average molecular weight is 562 g/mol. The molecule has 1 heterocycles. The van der Waals surface area contributed by atoms with Gasteiger partial charge in [0, 0.05) is 19.0 Å². The number of nitrogens with one attached hydrogen (secondary N) is 2. The van der Waals surface area contributed by atoms with Crippen LogP contribution in [0.2, 0.25) is 0 Å². The minimum absolute atomic E-state index is 0.0604. The SMILES string of the molecule is COC(=O)N[C@@H](Cc1ccccc1)C(=O)NCCCC(CC1CC1)N1C(=O)[C@@](CC(C)C)(c2ccccc2)N=C1N. The summed E-state index contributed by atoms with van der Waals surface area (Å²) in [6.07, 6.45) is 4.77. The highest BCUT2D eigenvalue weighted by atomic mass is 16.5. The Morgan fingerprint density at radius 1 is 1.10 bits per heavy atom.